The summed E-state index contributed by atoms with van der Waals surface area (Å²) < 4.78 is 0. The number of nitrogens with two attached hydrogens (primary N) is 1. The fourth-order valence-electron chi connectivity index (χ4n) is 1.63. The monoisotopic (exact) mass is 228 g/mol. The standard InChI is InChI=1S/C9H12N2OS2/c1-11-9(12)7-5-2-3-13-4-6(5)14-8(7)10/h2-4,10H2,1H3,(H,11,12). The Hall–Kier alpha value is -0.680. The van der Waals surface area contributed by atoms with Crippen molar-refractivity contribution < 1.29 is 4.79 Å². The first kappa shape index (κ1) is 9.86. The average Bonchev–Trinajstić information content (AvgIpc) is 2.53. The van der Waals surface area contributed by atoms with Crippen LogP contribution in [-0.2, 0) is 12.2 Å². The van der Waals surface area contributed by atoms with Gasteiger partial charge in [0.1, 0.15) is 0 Å². The van der Waals surface area contributed by atoms with Crippen LogP contribution in [0.1, 0.15) is 20.8 Å². The lowest BCUT2D eigenvalue weighted by Crippen LogP contribution is -2.20. The van der Waals surface area contributed by atoms with Crippen LogP contribution >= 0.6 is 23.1 Å². The summed E-state index contributed by atoms with van der Waals surface area (Å²) in [5, 5.41) is 3.30. The maximum atomic E-state index is 11.6. The number of nitrogen functional groups attached to an aromatic ring is 1. The molecule has 2 heterocycles. The van der Waals surface area contributed by atoms with Gasteiger partial charge in [-0.3, -0.25) is 4.79 Å². The van der Waals surface area contributed by atoms with Gasteiger partial charge in [0.2, 0.25) is 0 Å². The van der Waals surface area contributed by atoms with Crippen LogP contribution in [-0.4, -0.2) is 18.7 Å². The molecule has 0 aliphatic carbocycles. The molecule has 14 heavy (non-hydrogen) atoms. The minimum atomic E-state index is -0.0492. The van der Waals surface area contributed by atoms with Crippen LogP contribution in [0.5, 0.6) is 0 Å². The Kier molecular flexibility index (Phi) is 2.69. The first-order chi connectivity index (χ1) is 6.74. The Morgan fingerprint density at radius 1 is 1.57 bits per heavy atom. The number of fused-ring (bicyclic) bond motifs is 1. The molecule has 0 aromatic carbocycles. The number of thioether (sulfide) groups is 1. The number of hydrogen-bond donors (Lipinski definition) is 2. The molecule has 0 saturated heterocycles. The van der Waals surface area contributed by atoms with E-state index in [1.165, 1.54) is 10.4 Å². The van der Waals surface area contributed by atoms with Crippen LogP contribution in [0.25, 0.3) is 0 Å². The zero-order valence-corrected chi connectivity index (χ0v) is 9.56. The molecule has 0 atom stereocenters. The molecule has 1 aliphatic rings. The topological polar surface area (TPSA) is 55.1 Å². The van der Waals surface area contributed by atoms with Crippen LogP contribution in [0.2, 0.25) is 0 Å². The number of rotatable bonds is 1. The predicted molar refractivity (Wildman–Crippen MR) is 62.0 cm³/mol. The SMILES string of the molecule is CNC(=O)c1c(N)sc2c1CCSC2. The first-order valence-corrected chi connectivity index (χ1v) is 6.41. The van der Waals surface area contributed by atoms with Crippen molar-refractivity contribution in [3.8, 4) is 0 Å². The van der Waals surface area contributed by atoms with E-state index in [-0.39, 0.29) is 5.91 Å². The third-order valence-corrected chi connectivity index (χ3v) is 4.53. The highest BCUT2D eigenvalue weighted by Crippen LogP contribution is 2.37. The van der Waals surface area contributed by atoms with Gasteiger partial charge >= 0.3 is 0 Å². The van der Waals surface area contributed by atoms with Gasteiger partial charge in [-0.2, -0.15) is 11.8 Å². The number of anilines is 1. The lowest BCUT2D eigenvalue weighted by atomic mass is 10.1. The van der Waals surface area contributed by atoms with E-state index in [0.717, 1.165) is 17.9 Å². The maximum absolute atomic E-state index is 11.6. The van der Waals surface area contributed by atoms with Crippen molar-refractivity contribution in [2.24, 2.45) is 0 Å². The molecule has 0 fully saturated rings. The fourth-order valence-corrected chi connectivity index (χ4v) is 3.88. The highest BCUT2D eigenvalue weighted by atomic mass is 32.2. The summed E-state index contributed by atoms with van der Waals surface area (Å²) in [6, 6.07) is 0. The largest absolute Gasteiger partial charge is 0.390 e. The zero-order valence-electron chi connectivity index (χ0n) is 7.92. The van der Waals surface area contributed by atoms with Gasteiger partial charge < -0.3 is 11.1 Å². The summed E-state index contributed by atoms with van der Waals surface area (Å²) in [6.07, 6.45) is 0.969. The number of nitrogens with one attached hydrogen (secondary N) is 1. The van der Waals surface area contributed by atoms with Crippen LogP contribution in [0.4, 0.5) is 5.00 Å². The highest BCUT2D eigenvalue weighted by Gasteiger charge is 2.23. The summed E-state index contributed by atoms with van der Waals surface area (Å²) in [6.45, 7) is 0. The molecule has 0 bridgehead atoms. The second-order valence-electron chi connectivity index (χ2n) is 3.12. The van der Waals surface area contributed by atoms with Crippen LogP contribution in [0.15, 0.2) is 0 Å². The molecule has 0 spiro atoms. The predicted octanol–water partition coefficient (Wildman–Crippen LogP) is 1.48. The molecule has 3 N–H and O–H groups in total. The van der Waals surface area contributed by atoms with Gasteiger partial charge in [-0.1, -0.05) is 0 Å². The molecular weight excluding hydrogens is 216 g/mol. The van der Waals surface area contributed by atoms with Crippen LogP contribution in [0.3, 0.4) is 0 Å². The van der Waals surface area contributed by atoms with Crippen molar-refractivity contribution in [2.75, 3.05) is 18.5 Å². The molecule has 3 nitrogen and oxygen atoms in total. The second-order valence-corrected chi connectivity index (χ2v) is 5.37. The van der Waals surface area contributed by atoms with E-state index in [1.54, 1.807) is 18.4 Å². The summed E-state index contributed by atoms with van der Waals surface area (Å²) in [5.41, 5.74) is 7.73. The minimum Gasteiger partial charge on any atom is -0.390 e. The highest BCUT2D eigenvalue weighted by molar-refractivity contribution is 7.98. The smallest absolute Gasteiger partial charge is 0.254 e. The van der Waals surface area contributed by atoms with Gasteiger partial charge in [-0.05, 0) is 17.7 Å². The van der Waals surface area contributed by atoms with E-state index in [1.807, 2.05) is 11.8 Å². The van der Waals surface area contributed by atoms with Gasteiger partial charge in [0.25, 0.3) is 5.91 Å². The molecule has 2 rings (SSSR count). The molecule has 1 aromatic heterocycles. The van der Waals surface area contributed by atoms with Gasteiger partial charge in [0.05, 0.1) is 10.6 Å². The molecule has 1 amide bonds. The van der Waals surface area contributed by atoms with Crippen molar-refractivity contribution in [1.29, 1.82) is 0 Å². The Balaban J connectivity index is 2.47. The molecule has 76 valence electrons. The molecule has 5 heteroatoms. The molecule has 0 saturated carbocycles. The Morgan fingerprint density at radius 2 is 2.36 bits per heavy atom. The van der Waals surface area contributed by atoms with Crippen molar-refractivity contribution in [2.45, 2.75) is 12.2 Å². The Bertz CT molecular complexity index is 373. The Labute approximate surface area is 91.1 Å². The average molecular weight is 228 g/mol. The fraction of sp³-hybridized carbons (Fsp3) is 0.444. The number of hydrogen-bond acceptors (Lipinski definition) is 4. The number of thiophene rings is 1. The second kappa shape index (κ2) is 3.82. The summed E-state index contributed by atoms with van der Waals surface area (Å²) >= 11 is 3.46. The van der Waals surface area contributed by atoms with E-state index < -0.39 is 0 Å². The lowest BCUT2D eigenvalue weighted by molar-refractivity contribution is 0.0963. The number of amides is 1. The first-order valence-electron chi connectivity index (χ1n) is 4.44. The van der Waals surface area contributed by atoms with Crippen molar-refractivity contribution in [3.05, 3.63) is 16.0 Å². The minimum absolute atomic E-state index is 0.0492. The summed E-state index contributed by atoms with van der Waals surface area (Å²) in [4.78, 5) is 12.9. The van der Waals surface area contributed by atoms with Gasteiger partial charge in [-0.25, -0.2) is 0 Å². The molecular formula is C9H12N2OS2. The maximum Gasteiger partial charge on any atom is 0.254 e. The summed E-state index contributed by atoms with van der Waals surface area (Å²) in [5.74, 6) is 2.04. The summed E-state index contributed by atoms with van der Waals surface area (Å²) in [7, 11) is 1.64. The normalized spacial score (nSPS) is 14.9. The van der Waals surface area contributed by atoms with E-state index in [9.17, 15) is 4.79 Å². The van der Waals surface area contributed by atoms with Crippen molar-refractivity contribution >= 4 is 34.0 Å². The molecule has 0 radical (unpaired) electrons. The van der Waals surface area contributed by atoms with Gasteiger partial charge in [0.15, 0.2) is 0 Å². The van der Waals surface area contributed by atoms with E-state index in [0.29, 0.717) is 10.6 Å². The Morgan fingerprint density at radius 3 is 3.07 bits per heavy atom. The van der Waals surface area contributed by atoms with Gasteiger partial charge in [-0.15, -0.1) is 11.3 Å². The van der Waals surface area contributed by atoms with E-state index >= 15 is 0 Å². The third-order valence-electron chi connectivity index (χ3n) is 2.30. The molecule has 0 unspecified atom stereocenters. The quantitative estimate of drug-likeness (QED) is 0.765. The van der Waals surface area contributed by atoms with Crippen LogP contribution < -0.4 is 11.1 Å². The van der Waals surface area contributed by atoms with Crippen molar-refractivity contribution in [3.63, 3.8) is 0 Å². The van der Waals surface area contributed by atoms with Gasteiger partial charge in [0, 0.05) is 17.7 Å². The van der Waals surface area contributed by atoms with Crippen LogP contribution in [0, 0.1) is 0 Å². The molecule has 1 aliphatic heterocycles. The number of carbonyl (C=O) groups excluding carboxylic acids is 1. The van der Waals surface area contributed by atoms with E-state index in [2.05, 4.69) is 5.32 Å². The van der Waals surface area contributed by atoms with Crippen molar-refractivity contribution in [1.82, 2.24) is 5.32 Å². The zero-order chi connectivity index (χ0) is 10.1. The lowest BCUT2D eigenvalue weighted by Gasteiger charge is -2.11. The molecule has 1 aromatic rings. The third kappa shape index (κ3) is 1.50. The number of carbonyl (C=O) groups is 1. The van der Waals surface area contributed by atoms with E-state index in [4.69, 9.17) is 5.73 Å².